The van der Waals surface area contributed by atoms with E-state index in [1.807, 2.05) is 60.0 Å². The van der Waals surface area contributed by atoms with Crippen LogP contribution >= 0.6 is 11.3 Å². The molecular weight excluding hydrogens is 448 g/mol. The number of amides is 1. The maximum absolute atomic E-state index is 12.8. The Hall–Kier alpha value is -4.57. The van der Waals surface area contributed by atoms with E-state index in [4.69, 9.17) is 0 Å². The third kappa shape index (κ3) is 4.92. The minimum Gasteiger partial charge on any atom is -0.340 e. The van der Waals surface area contributed by atoms with Gasteiger partial charge >= 0.3 is 0 Å². The second-order valence-electron chi connectivity index (χ2n) is 7.30. The number of carbonyl (C=O) groups excluding carboxylic acids is 1. The van der Waals surface area contributed by atoms with Gasteiger partial charge in [0, 0.05) is 30.7 Å². The molecule has 0 aliphatic heterocycles. The van der Waals surface area contributed by atoms with E-state index >= 15 is 0 Å². The van der Waals surface area contributed by atoms with Crippen molar-refractivity contribution in [2.45, 2.75) is 0 Å². The minimum atomic E-state index is -0.223. The van der Waals surface area contributed by atoms with Crippen molar-refractivity contribution >= 4 is 46.1 Å². The Balaban J connectivity index is 1.23. The number of hydrogen-bond acceptors (Lipinski definition) is 8. The zero-order chi connectivity index (χ0) is 23.3. The highest BCUT2D eigenvalue weighted by Gasteiger charge is 2.15. The molecule has 5 aromatic rings. The van der Waals surface area contributed by atoms with Gasteiger partial charge in [0.25, 0.3) is 5.91 Å². The van der Waals surface area contributed by atoms with Crippen LogP contribution < -0.4 is 16.0 Å². The minimum absolute atomic E-state index is 0.223. The summed E-state index contributed by atoms with van der Waals surface area (Å²) in [4.78, 5) is 26.5. The lowest BCUT2D eigenvalue weighted by Crippen LogP contribution is -2.15. The predicted molar refractivity (Wildman–Crippen MR) is 134 cm³/mol. The molecule has 9 nitrogen and oxygen atoms in total. The van der Waals surface area contributed by atoms with Gasteiger partial charge in [0.15, 0.2) is 0 Å². The van der Waals surface area contributed by atoms with Crippen LogP contribution in [0.4, 0.5) is 28.8 Å². The number of benzene rings is 1. The molecule has 5 rings (SSSR count). The van der Waals surface area contributed by atoms with Gasteiger partial charge in [-0.05, 0) is 53.9 Å². The van der Waals surface area contributed by atoms with E-state index in [0.29, 0.717) is 28.8 Å². The molecule has 4 heterocycles. The lowest BCUT2D eigenvalue weighted by atomic mass is 10.2. The molecule has 0 aliphatic rings. The highest BCUT2D eigenvalue weighted by molar-refractivity contribution is 7.13. The van der Waals surface area contributed by atoms with Crippen molar-refractivity contribution in [1.82, 2.24) is 24.7 Å². The van der Waals surface area contributed by atoms with Gasteiger partial charge in [0.1, 0.15) is 35.2 Å². The molecule has 0 bridgehead atoms. The summed E-state index contributed by atoms with van der Waals surface area (Å²) in [5.41, 5.74) is 2.76. The quantitative estimate of drug-likeness (QED) is 0.306. The fourth-order valence-corrected chi connectivity index (χ4v) is 3.95. The molecule has 168 valence electrons. The van der Waals surface area contributed by atoms with Gasteiger partial charge in [-0.15, -0.1) is 11.3 Å². The molecule has 3 N–H and O–H groups in total. The smallest absolute Gasteiger partial charge is 0.273 e. The Morgan fingerprint density at radius 3 is 2.38 bits per heavy atom. The van der Waals surface area contributed by atoms with Crippen molar-refractivity contribution in [3.63, 3.8) is 0 Å². The first-order valence-corrected chi connectivity index (χ1v) is 11.3. The Kier molecular flexibility index (Phi) is 5.95. The molecule has 10 heteroatoms. The average molecular weight is 469 g/mol. The van der Waals surface area contributed by atoms with Gasteiger partial charge in [0.05, 0.1) is 4.88 Å². The monoisotopic (exact) mass is 468 g/mol. The van der Waals surface area contributed by atoms with E-state index in [9.17, 15) is 4.79 Å². The summed E-state index contributed by atoms with van der Waals surface area (Å²) < 4.78 is 1.59. The van der Waals surface area contributed by atoms with Crippen molar-refractivity contribution in [2.24, 2.45) is 7.05 Å². The maximum Gasteiger partial charge on any atom is 0.273 e. The topological polar surface area (TPSA) is 110 Å². The molecule has 0 saturated heterocycles. The van der Waals surface area contributed by atoms with Crippen molar-refractivity contribution in [2.75, 3.05) is 16.0 Å². The van der Waals surface area contributed by atoms with Crippen molar-refractivity contribution in [3.8, 4) is 10.6 Å². The highest BCUT2D eigenvalue weighted by Crippen LogP contribution is 2.25. The number of nitrogens with zero attached hydrogens (tertiary/aromatic N) is 5. The van der Waals surface area contributed by atoms with Gasteiger partial charge in [-0.1, -0.05) is 12.1 Å². The maximum atomic E-state index is 12.8. The molecule has 34 heavy (non-hydrogen) atoms. The first-order valence-electron chi connectivity index (χ1n) is 10.4. The van der Waals surface area contributed by atoms with E-state index in [0.717, 1.165) is 16.3 Å². The number of rotatable bonds is 7. The molecule has 0 spiro atoms. The van der Waals surface area contributed by atoms with Crippen LogP contribution in [0.25, 0.3) is 10.6 Å². The number of hydrogen-bond donors (Lipinski definition) is 3. The van der Waals surface area contributed by atoms with Gasteiger partial charge in [0.2, 0.25) is 0 Å². The Bertz CT molecular complexity index is 1400. The number of nitrogens with one attached hydrogen (secondary N) is 3. The standard InChI is InChI=1S/C24H20N8OS/c1-32-19(13-18(31-32)20-5-4-12-34-20)24(33)29-17-9-7-16(8-10-17)28-22-14-23(27-15-26-22)30-21-6-2-3-11-25-21/h2-15H,1H3,(H,29,33)(H2,25,26,27,28,30). The van der Waals surface area contributed by atoms with Crippen LogP contribution in [0.15, 0.2) is 84.6 Å². The van der Waals surface area contributed by atoms with E-state index in [2.05, 4.69) is 36.0 Å². The number of thiophene rings is 1. The summed E-state index contributed by atoms with van der Waals surface area (Å²) in [6, 6.07) is 20.5. The molecule has 0 fully saturated rings. The third-order valence-corrected chi connectivity index (χ3v) is 5.78. The van der Waals surface area contributed by atoms with Crippen LogP contribution in [-0.4, -0.2) is 30.6 Å². The Labute approximate surface area is 199 Å². The Morgan fingerprint density at radius 2 is 1.65 bits per heavy atom. The fourth-order valence-electron chi connectivity index (χ4n) is 3.27. The van der Waals surface area contributed by atoms with Crippen LogP contribution in [0.3, 0.4) is 0 Å². The van der Waals surface area contributed by atoms with E-state index in [-0.39, 0.29) is 5.91 Å². The first kappa shape index (κ1) is 21.3. The summed E-state index contributed by atoms with van der Waals surface area (Å²) in [5, 5.41) is 15.7. The van der Waals surface area contributed by atoms with Gasteiger partial charge in [-0.2, -0.15) is 5.10 Å². The second-order valence-corrected chi connectivity index (χ2v) is 8.25. The summed E-state index contributed by atoms with van der Waals surface area (Å²) in [7, 11) is 1.76. The lowest BCUT2D eigenvalue weighted by Gasteiger charge is -2.09. The second kappa shape index (κ2) is 9.51. The van der Waals surface area contributed by atoms with Gasteiger partial charge in [-0.3, -0.25) is 9.48 Å². The average Bonchev–Trinajstić information content (AvgIpc) is 3.51. The van der Waals surface area contributed by atoms with Gasteiger partial charge < -0.3 is 16.0 Å². The largest absolute Gasteiger partial charge is 0.340 e. The third-order valence-electron chi connectivity index (χ3n) is 4.89. The highest BCUT2D eigenvalue weighted by atomic mass is 32.1. The summed E-state index contributed by atoms with van der Waals surface area (Å²) in [6.07, 6.45) is 3.18. The fraction of sp³-hybridized carbons (Fsp3) is 0.0417. The van der Waals surface area contributed by atoms with Crippen LogP contribution in [0, 0.1) is 0 Å². The molecule has 0 atom stereocenters. The molecule has 4 aromatic heterocycles. The SMILES string of the molecule is Cn1nc(-c2cccs2)cc1C(=O)Nc1ccc(Nc2cc(Nc3ccccn3)ncn2)cc1. The lowest BCUT2D eigenvalue weighted by molar-refractivity contribution is 0.101. The zero-order valence-corrected chi connectivity index (χ0v) is 19.0. The van der Waals surface area contributed by atoms with Crippen molar-refractivity contribution < 1.29 is 4.79 Å². The summed E-state index contributed by atoms with van der Waals surface area (Å²) >= 11 is 1.59. The summed E-state index contributed by atoms with van der Waals surface area (Å²) in [5.74, 6) is 1.72. The zero-order valence-electron chi connectivity index (χ0n) is 18.1. The Morgan fingerprint density at radius 1 is 0.853 bits per heavy atom. The molecule has 0 saturated carbocycles. The van der Waals surface area contributed by atoms with E-state index in [1.54, 1.807) is 41.4 Å². The molecule has 1 amide bonds. The molecule has 1 aromatic carbocycles. The number of carbonyl (C=O) groups is 1. The van der Waals surface area contributed by atoms with Crippen LogP contribution in [0.1, 0.15) is 10.5 Å². The number of anilines is 5. The van der Waals surface area contributed by atoms with Crippen LogP contribution in [0.2, 0.25) is 0 Å². The molecule has 0 aliphatic carbocycles. The van der Waals surface area contributed by atoms with Crippen molar-refractivity contribution in [3.05, 3.63) is 90.3 Å². The van der Waals surface area contributed by atoms with Crippen molar-refractivity contribution in [1.29, 1.82) is 0 Å². The number of aromatic nitrogens is 5. The predicted octanol–water partition coefficient (Wildman–Crippen LogP) is 5.07. The van der Waals surface area contributed by atoms with E-state index < -0.39 is 0 Å². The first-order chi connectivity index (χ1) is 16.6. The number of pyridine rings is 1. The van der Waals surface area contributed by atoms with E-state index in [1.165, 1.54) is 6.33 Å². The normalized spacial score (nSPS) is 10.6. The van der Waals surface area contributed by atoms with Gasteiger partial charge in [-0.25, -0.2) is 15.0 Å². The summed E-state index contributed by atoms with van der Waals surface area (Å²) in [6.45, 7) is 0. The molecule has 0 radical (unpaired) electrons. The van der Waals surface area contributed by atoms with Crippen LogP contribution in [-0.2, 0) is 7.05 Å². The molecular formula is C24H20N8OS. The number of aryl methyl sites for hydroxylation is 1. The molecule has 0 unspecified atom stereocenters. The van der Waals surface area contributed by atoms with Crippen LogP contribution in [0.5, 0.6) is 0 Å².